The quantitative estimate of drug-likeness (QED) is 0.776. The summed E-state index contributed by atoms with van der Waals surface area (Å²) in [6.07, 6.45) is 0. The number of ether oxygens (including phenoxy) is 3. The number of piperazine rings is 1. The third kappa shape index (κ3) is 3.76. The van der Waals surface area contributed by atoms with Gasteiger partial charge in [0.2, 0.25) is 10.0 Å². The maximum atomic E-state index is 13.1. The molecular weight excluding hydrogens is 344 g/mol. The van der Waals surface area contributed by atoms with Crippen LogP contribution in [-0.4, -0.2) is 76.3 Å². The molecule has 0 aliphatic carbocycles. The fourth-order valence-corrected chi connectivity index (χ4v) is 5.09. The number of hydrogen-bond acceptors (Lipinski definition) is 6. The largest absolute Gasteiger partial charge is 0.486 e. The summed E-state index contributed by atoms with van der Waals surface area (Å²) in [5.74, 6) is 1.09. The van der Waals surface area contributed by atoms with E-state index in [9.17, 15) is 8.42 Å². The van der Waals surface area contributed by atoms with Gasteiger partial charge in [-0.25, -0.2) is 8.42 Å². The van der Waals surface area contributed by atoms with Crippen molar-refractivity contribution in [2.75, 3.05) is 46.6 Å². The van der Waals surface area contributed by atoms with Crippen LogP contribution in [0.5, 0.6) is 11.5 Å². The van der Waals surface area contributed by atoms with Crippen LogP contribution in [0.15, 0.2) is 23.1 Å². The normalized spacial score (nSPS) is 25.1. The Kier molecular flexibility index (Phi) is 5.52. The first-order valence-corrected chi connectivity index (χ1v) is 10.0. The Bertz CT molecular complexity index is 697. The highest BCUT2D eigenvalue weighted by molar-refractivity contribution is 7.89. The van der Waals surface area contributed by atoms with Crippen LogP contribution >= 0.6 is 0 Å². The van der Waals surface area contributed by atoms with Gasteiger partial charge in [0.15, 0.2) is 11.5 Å². The molecule has 2 aliphatic rings. The first-order valence-electron chi connectivity index (χ1n) is 8.58. The molecule has 2 unspecified atom stereocenters. The van der Waals surface area contributed by atoms with Gasteiger partial charge >= 0.3 is 0 Å². The number of methoxy groups -OCH3 is 1. The summed E-state index contributed by atoms with van der Waals surface area (Å²) in [4.78, 5) is 2.54. The predicted molar refractivity (Wildman–Crippen MR) is 93.7 cm³/mol. The van der Waals surface area contributed by atoms with Crippen LogP contribution in [0.1, 0.15) is 13.8 Å². The summed E-state index contributed by atoms with van der Waals surface area (Å²) in [6, 6.07) is 5.09. The van der Waals surface area contributed by atoms with Gasteiger partial charge in [0.25, 0.3) is 0 Å². The molecule has 2 heterocycles. The van der Waals surface area contributed by atoms with Crippen molar-refractivity contribution in [2.24, 2.45) is 0 Å². The molecule has 7 nitrogen and oxygen atoms in total. The lowest BCUT2D eigenvalue weighted by molar-refractivity contribution is 0.0495. The standard InChI is InChI=1S/C17H26N2O5S/c1-13-11-18(12-14(2)19(13)6-7-22-3)25(20,21)15-4-5-16-17(10-15)24-9-8-23-16/h4-5,10,13-14H,6-9,11-12H2,1-3H3. The van der Waals surface area contributed by atoms with Crippen LogP contribution in [0.3, 0.4) is 0 Å². The fourth-order valence-electron chi connectivity index (χ4n) is 3.48. The molecule has 0 N–H and O–H groups in total. The van der Waals surface area contributed by atoms with Crippen molar-refractivity contribution in [2.45, 2.75) is 30.8 Å². The van der Waals surface area contributed by atoms with E-state index in [1.54, 1.807) is 29.6 Å². The molecule has 3 rings (SSSR count). The number of nitrogens with zero attached hydrogens (tertiary/aromatic N) is 2. The Morgan fingerprint density at radius 1 is 1.12 bits per heavy atom. The summed E-state index contributed by atoms with van der Waals surface area (Å²) in [7, 11) is -1.89. The molecule has 140 valence electrons. The van der Waals surface area contributed by atoms with E-state index in [-0.39, 0.29) is 17.0 Å². The Hall–Kier alpha value is -1.35. The molecule has 2 aliphatic heterocycles. The van der Waals surface area contributed by atoms with Gasteiger partial charge < -0.3 is 14.2 Å². The van der Waals surface area contributed by atoms with Gasteiger partial charge in [-0.2, -0.15) is 4.31 Å². The van der Waals surface area contributed by atoms with Gasteiger partial charge in [0, 0.05) is 44.9 Å². The Morgan fingerprint density at radius 2 is 1.76 bits per heavy atom. The summed E-state index contributed by atoms with van der Waals surface area (Å²) < 4.78 is 43.9. The highest BCUT2D eigenvalue weighted by atomic mass is 32.2. The second-order valence-corrected chi connectivity index (χ2v) is 8.49. The van der Waals surface area contributed by atoms with Crippen molar-refractivity contribution in [3.8, 4) is 11.5 Å². The first kappa shape index (κ1) is 18.4. The minimum atomic E-state index is -3.57. The molecule has 0 aromatic heterocycles. The van der Waals surface area contributed by atoms with Crippen LogP contribution in [0.25, 0.3) is 0 Å². The smallest absolute Gasteiger partial charge is 0.243 e. The summed E-state index contributed by atoms with van der Waals surface area (Å²) >= 11 is 0. The average Bonchev–Trinajstić information content (AvgIpc) is 2.60. The van der Waals surface area contributed by atoms with Gasteiger partial charge in [-0.15, -0.1) is 0 Å². The topological polar surface area (TPSA) is 68.3 Å². The van der Waals surface area contributed by atoms with E-state index in [0.29, 0.717) is 44.4 Å². The predicted octanol–water partition coefficient (Wildman–Crippen LogP) is 1.19. The number of sulfonamides is 1. The SMILES string of the molecule is COCCN1C(C)CN(S(=O)(=O)c2ccc3c(c2)OCCO3)CC1C. The van der Waals surface area contributed by atoms with Crippen molar-refractivity contribution in [3.05, 3.63) is 18.2 Å². The van der Waals surface area contributed by atoms with Crippen LogP contribution in [0, 0.1) is 0 Å². The molecule has 1 aromatic rings. The second-order valence-electron chi connectivity index (χ2n) is 6.56. The molecule has 0 amide bonds. The zero-order chi connectivity index (χ0) is 18.0. The van der Waals surface area contributed by atoms with E-state index in [4.69, 9.17) is 14.2 Å². The fraction of sp³-hybridized carbons (Fsp3) is 0.647. The number of fused-ring (bicyclic) bond motifs is 1. The molecule has 0 radical (unpaired) electrons. The van der Waals surface area contributed by atoms with E-state index in [1.807, 2.05) is 0 Å². The lowest BCUT2D eigenvalue weighted by Crippen LogP contribution is -2.58. The lowest BCUT2D eigenvalue weighted by Gasteiger charge is -2.43. The van der Waals surface area contributed by atoms with Gasteiger partial charge in [0.1, 0.15) is 13.2 Å². The van der Waals surface area contributed by atoms with E-state index < -0.39 is 10.0 Å². The van der Waals surface area contributed by atoms with Crippen LogP contribution in [0.4, 0.5) is 0 Å². The Balaban J connectivity index is 1.79. The molecule has 1 saturated heterocycles. The number of benzene rings is 1. The zero-order valence-corrected chi connectivity index (χ0v) is 15.8. The highest BCUT2D eigenvalue weighted by Crippen LogP contribution is 2.33. The van der Waals surface area contributed by atoms with Crippen molar-refractivity contribution < 1.29 is 22.6 Å². The molecule has 2 atom stereocenters. The minimum absolute atomic E-state index is 0.130. The Morgan fingerprint density at radius 3 is 2.40 bits per heavy atom. The van der Waals surface area contributed by atoms with Crippen LogP contribution < -0.4 is 9.47 Å². The van der Waals surface area contributed by atoms with Crippen molar-refractivity contribution in [1.29, 1.82) is 0 Å². The lowest BCUT2D eigenvalue weighted by atomic mass is 10.1. The molecule has 0 saturated carbocycles. The summed E-state index contributed by atoms with van der Waals surface area (Å²) in [5.41, 5.74) is 0. The monoisotopic (exact) mass is 370 g/mol. The van der Waals surface area contributed by atoms with E-state index in [1.165, 1.54) is 0 Å². The van der Waals surface area contributed by atoms with Gasteiger partial charge in [-0.3, -0.25) is 4.90 Å². The second kappa shape index (κ2) is 7.49. The maximum absolute atomic E-state index is 13.1. The van der Waals surface area contributed by atoms with Gasteiger partial charge in [-0.1, -0.05) is 0 Å². The average molecular weight is 370 g/mol. The zero-order valence-electron chi connectivity index (χ0n) is 15.0. The number of rotatable bonds is 5. The van der Waals surface area contributed by atoms with Crippen molar-refractivity contribution in [3.63, 3.8) is 0 Å². The number of hydrogen-bond donors (Lipinski definition) is 0. The molecule has 25 heavy (non-hydrogen) atoms. The van der Waals surface area contributed by atoms with Crippen molar-refractivity contribution >= 4 is 10.0 Å². The third-order valence-electron chi connectivity index (χ3n) is 4.77. The minimum Gasteiger partial charge on any atom is -0.486 e. The first-order chi connectivity index (χ1) is 11.9. The molecule has 0 spiro atoms. The maximum Gasteiger partial charge on any atom is 0.243 e. The molecule has 1 fully saturated rings. The highest BCUT2D eigenvalue weighted by Gasteiger charge is 2.36. The van der Waals surface area contributed by atoms with E-state index >= 15 is 0 Å². The van der Waals surface area contributed by atoms with Crippen LogP contribution in [0.2, 0.25) is 0 Å². The summed E-state index contributed by atoms with van der Waals surface area (Å²) in [6.45, 7) is 7.39. The van der Waals surface area contributed by atoms with Gasteiger partial charge in [-0.05, 0) is 26.0 Å². The van der Waals surface area contributed by atoms with Gasteiger partial charge in [0.05, 0.1) is 11.5 Å². The summed E-state index contributed by atoms with van der Waals surface area (Å²) in [5, 5.41) is 0. The molecular formula is C17H26N2O5S. The molecule has 0 bridgehead atoms. The van der Waals surface area contributed by atoms with Crippen LogP contribution in [-0.2, 0) is 14.8 Å². The Labute approximate surface area is 149 Å². The van der Waals surface area contributed by atoms with Crippen molar-refractivity contribution in [1.82, 2.24) is 9.21 Å². The third-order valence-corrected chi connectivity index (χ3v) is 6.60. The molecule has 1 aromatic carbocycles. The van der Waals surface area contributed by atoms with E-state index in [0.717, 1.165) is 6.54 Å². The molecule has 8 heteroatoms. The van der Waals surface area contributed by atoms with E-state index in [2.05, 4.69) is 18.7 Å².